The number of hydrogen-bond donors (Lipinski definition) is 7. The van der Waals surface area contributed by atoms with E-state index in [9.17, 15) is 19.2 Å². The molecule has 0 unspecified atom stereocenters. The first-order valence-corrected chi connectivity index (χ1v) is 18.3. The van der Waals surface area contributed by atoms with E-state index in [1.54, 1.807) is 39.6 Å². The Morgan fingerprint density at radius 2 is 1.75 bits per heavy atom. The Hall–Kier alpha value is -6.47. The number of allylic oxidation sites excluding steroid dienone is 2. The second kappa shape index (κ2) is 16.9. The van der Waals surface area contributed by atoms with Crippen LogP contribution in [0.15, 0.2) is 42.5 Å². The Kier molecular flexibility index (Phi) is 11.8. The number of nitrogen functional groups attached to an aromatic ring is 1. The number of imidazole rings is 2. The molecule has 0 bridgehead atoms. The highest BCUT2D eigenvalue weighted by molar-refractivity contribution is 6.05. The minimum atomic E-state index is -0.655. The van der Waals surface area contributed by atoms with Crippen molar-refractivity contribution in [1.82, 2.24) is 39.5 Å². The summed E-state index contributed by atoms with van der Waals surface area (Å²) in [5.74, 6) is -1.01. The van der Waals surface area contributed by atoms with Crippen LogP contribution < -0.4 is 42.8 Å². The first-order valence-electron chi connectivity index (χ1n) is 18.3. The number of anilines is 3. The number of primary amides is 2. The zero-order valence-electron chi connectivity index (χ0n) is 31.5. The van der Waals surface area contributed by atoms with Gasteiger partial charge in [0.25, 0.3) is 5.91 Å². The third-order valence-electron chi connectivity index (χ3n) is 9.45. The van der Waals surface area contributed by atoms with Gasteiger partial charge >= 0.3 is 0 Å². The fraction of sp³-hybridized carbons (Fsp3) is 0.378. The number of aliphatic hydroxyl groups excluding tert-OH is 1. The molecule has 0 saturated heterocycles. The molecule has 1 atom stereocenters. The summed E-state index contributed by atoms with van der Waals surface area (Å²) in [6.07, 6.45) is 5.01. The molecule has 0 aliphatic carbocycles. The average molecular weight is 770 g/mol. The number of nitrogens with zero attached hydrogens (tertiary/aromatic N) is 7. The van der Waals surface area contributed by atoms with Crippen molar-refractivity contribution in [2.45, 2.75) is 45.8 Å². The van der Waals surface area contributed by atoms with E-state index in [0.717, 1.165) is 11.2 Å². The van der Waals surface area contributed by atoms with Crippen molar-refractivity contribution >= 4 is 63.3 Å². The number of rotatable bonds is 17. The predicted octanol–water partition coefficient (Wildman–Crippen LogP) is 1.05. The zero-order chi connectivity index (χ0) is 40.1. The summed E-state index contributed by atoms with van der Waals surface area (Å²) in [6, 6.07) is 7.87. The Labute approximate surface area is 321 Å². The van der Waals surface area contributed by atoms with Gasteiger partial charge in [-0.2, -0.15) is 5.10 Å². The van der Waals surface area contributed by atoms with Gasteiger partial charge in [0.2, 0.25) is 29.6 Å². The minimum Gasteiger partial charge on any atom is -0.491 e. The van der Waals surface area contributed by atoms with E-state index in [4.69, 9.17) is 32.0 Å². The van der Waals surface area contributed by atoms with Gasteiger partial charge in [-0.3, -0.25) is 29.2 Å². The molecule has 5 aromatic rings. The SMILES string of the molecule is CCn1nc(C)cc1C(=O)Nc1nc2cc(C(N)=O)cc3c2n1[C@@H](/C=C/Cn1c(N)nc2cc(C(N)=O)cc(OCCCNC(=O)CNCCO)c21)CCN3C. The molecule has 0 spiro atoms. The van der Waals surface area contributed by atoms with Crippen molar-refractivity contribution in [1.29, 1.82) is 0 Å². The summed E-state index contributed by atoms with van der Waals surface area (Å²) in [7, 11) is 1.93. The van der Waals surface area contributed by atoms with Crippen molar-refractivity contribution < 1.29 is 29.0 Å². The molecule has 19 nitrogen and oxygen atoms in total. The number of hydrogen-bond acceptors (Lipinski definition) is 12. The lowest BCUT2D eigenvalue weighted by Crippen LogP contribution is -2.35. The highest BCUT2D eigenvalue weighted by Crippen LogP contribution is 2.38. The first kappa shape index (κ1) is 39.2. The molecule has 2 aromatic carbocycles. The van der Waals surface area contributed by atoms with E-state index in [1.807, 2.05) is 42.5 Å². The van der Waals surface area contributed by atoms with Crippen LogP contribution in [0.25, 0.3) is 22.1 Å². The van der Waals surface area contributed by atoms with Crippen molar-refractivity contribution in [2.24, 2.45) is 11.5 Å². The highest BCUT2D eigenvalue weighted by Gasteiger charge is 2.28. The van der Waals surface area contributed by atoms with Crippen molar-refractivity contribution in [2.75, 3.05) is 62.4 Å². The molecule has 6 rings (SSSR count). The lowest BCUT2D eigenvalue weighted by atomic mass is 10.1. The smallest absolute Gasteiger partial charge is 0.276 e. The van der Waals surface area contributed by atoms with Crippen LogP contribution in [0.2, 0.25) is 0 Å². The largest absolute Gasteiger partial charge is 0.491 e. The lowest BCUT2D eigenvalue weighted by Gasteiger charge is -2.18. The monoisotopic (exact) mass is 769 g/mol. The maximum atomic E-state index is 13.7. The topological polar surface area (TPSA) is 269 Å². The highest BCUT2D eigenvalue weighted by atomic mass is 16.5. The van der Waals surface area contributed by atoms with Crippen LogP contribution in [0.4, 0.5) is 17.6 Å². The third kappa shape index (κ3) is 8.27. The first-order chi connectivity index (χ1) is 26.9. The number of fused-ring (bicyclic) bond motifs is 1. The summed E-state index contributed by atoms with van der Waals surface area (Å²) in [4.78, 5) is 61.6. The summed E-state index contributed by atoms with van der Waals surface area (Å²) in [5, 5.41) is 21.9. The maximum Gasteiger partial charge on any atom is 0.276 e. The Bertz CT molecular complexity index is 2320. The fourth-order valence-electron chi connectivity index (χ4n) is 6.78. The molecule has 19 heteroatoms. The van der Waals surface area contributed by atoms with Gasteiger partial charge in [0.1, 0.15) is 17.0 Å². The standard InChI is InChI=1S/C37H47N13O6/c1-4-49-28(15-21(2)46-49)35(55)45-37-44-25-16-22(33(38)53)18-27-31(25)50(37)24(8-12-47(27)3)7-5-11-48-32-26(43-36(48)40)17-23(34(39)54)19-29(32)56-14-6-9-42-30(52)20-41-10-13-51/h5,7,15-19,24,41,51H,4,6,8-14,20H2,1-3H3,(H2,38,53)(H2,39,54)(H2,40,43)(H,42,52)(H,44,45,55)/b7-5+/t24-/m0/s1. The Morgan fingerprint density at radius 1 is 1.02 bits per heavy atom. The molecular formula is C37H47N13O6. The average Bonchev–Trinajstić information content (AvgIpc) is 3.80. The molecule has 56 heavy (non-hydrogen) atoms. The maximum absolute atomic E-state index is 13.7. The van der Waals surface area contributed by atoms with E-state index >= 15 is 0 Å². The molecule has 0 saturated carbocycles. The normalized spacial score (nSPS) is 14.1. The van der Waals surface area contributed by atoms with Crippen LogP contribution in [0.1, 0.15) is 62.7 Å². The van der Waals surface area contributed by atoms with Gasteiger partial charge in [0, 0.05) is 50.9 Å². The number of carbonyl (C=O) groups excluding carboxylic acids is 4. The van der Waals surface area contributed by atoms with Crippen LogP contribution in [0, 0.1) is 6.92 Å². The molecule has 4 heterocycles. The number of amides is 4. The molecule has 296 valence electrons. The summed E-state index contributed by atoms with van der Waals surface area (Å²) < 4.78 is 11.5. The second-order valence-electron chi connectivity index (χ2n) is 13.4. The molecule has 1 aliphatic rings. The van der Waals surface area contributed by atoms with Gasteiger partial charge in [0.05, 0.1) is 53.7 Å². The van der Waals surface area contributed by atoms with Gasteiger partial charge in [-0.15, -0.1) is 0 Å². The van der Waals surface area contributed by atoms with E-state index in [2.05, 4.69) is 26.0 Å². The zero-order valence-corrected chi connectivity index (χ0v) is 31.5. The van der Waals surface area contributed by atoms with E-state index in [1.165, 1.54) is 0 Å². The van der Waals surface area contributed by atoms with E-state index < -0.39 is 11.8 Å². The number of benzene rings is 2. The molecule has 0 radical (unpaired) electrons. The second-order valence-corrected chi connectivity index (χ2v) is 13.4. The van der Waals surface area contributed by atoms with Crippen molar-refractivity contribution in [3.8, 4) is 5.75 Å². The van der Waals surface area contributed by atoms with E-state index in [0.29, 0.717) is 84.2 Å². The number of carbonyl (C=O) groups is 4. The van der Waals surface area contributed by atoms with Crippen molar-refractivity contribution in [3.63, 3.8) is 0 Å². The van der Waals surface area contributed by atoms with Crippen LogP contribution >= 0.6 is 0 Å². The summed E-state index contributed by atoms with van der Waals surface area (Å²) in [6.45, 7) is 5.99. The third-order valence-corrected chi connectivity index (χ3v) is 9.45. The van der Waals surface area contributed by atoms with Crippen LogP contribution in [-0.2, 0) is 17.9 Å². The number of nitrogens with two attached hydrogens (primary N) is 3. The number of ether oxygens (including phenoxy) is 1. The summed E-state index contributed by atoms with van der Waals surface area (Å²) >= 11 is 0. The van der Waals surface area contributed by atoms with Crippen LogP contribution in [-0.4, -0.2) is 104 Å². The van der Waals surface area contributed by atoms with Gasteiger partial charge < -0.3 is 51.7 Å². The molecule has 10 N–H and O–H groups in total. The molecule has 4 amide bonds. The van der Waals surface area contributed by atoms with Gasteiger partial charge in [-0.25, -0.2) is 9.97 Å². The summed E-state index contributed by atoms with van der Waals surface area (Å²) in [5.41, 5.74) is 22.3. The molecular weight excluding hydrogens is 722 g/mol. The fourth-order valence-corrected chi connectivity index (χ4v) is 6.78. The predicted molar refractivity (Wildman–Crippen MR) is 211 cm³/mol. The lowest BCUT2D eigenvalue weighted by molar-refractivity contribution is -0.120. The van der Waals surface area contributed by atoms with Gasteiger partial charge in [-0.1, -0.05) is 12.2 Å². The molecule has 1 aliphatic heterocycles. The number of aryl methyl sites for hydroxylation is 2. The molecule has 3 aromatic heterocycles. The Morgan fingerprint density at radius 3 is 2.46 bits per heavy atom. The molecule has 0 fully saturated rings. The van der Waals surface area contributed by atoms with Crippen LogP contribution in [0.3, 0.4) is 0 Å². The number of aromatic nitrogens is 6. The van der Waals surface area contributed by atoms with Gasteiger partial charge in [0.15, 0.2) is 0 Å². The number of nitrogens with one attached hydrogen (secondary N) is 3. The van der Waals surface area contributed by atoms with Gasteiger partial charge in [-0.05, 0) is 57.0 Å². The van der Waals surface area contributed by atoms with E-state index in [-0.39, 0.29) is 55.7 Å². The van der Waals surface area contributed by atoms with Crippen molar-refractivity contribution in [3.05, 3.63) is 65.0 Å². The Balaban J connectivity index is 1.30. The quantitative estimate of drug-likeness (QED) is 0.0517. The number of aliphatic hydroxyl groups is 1. The minimum absolute atomic E-state index is 0.0637. The van der Waals surface area contributed by atoms with Crippen LogP contribution in [0.5, 0.6) is 5.75 Å².